The number of carbonyl (C=O) groups is 3. The molecule has 38 heavy (non-hydrogen) atoms. The van der Waals surface area contributed by atoms with E-state index in [1.807, 2.05) is 0 Å². The van der Waals surface area contributed by atoms with Crippen molar-refractivity contribution >= 4 is 52.2 Å². The van der Waals surface area contributed by atoms with Gasteiger partial charge in [0.2, 0.25) is 6.79 Å². The van der Waals surface area contributed by atoms with Gasteiger partial charge < -0.3 is 18.9 Å². The van der Waals surface area contributed by atoms with Gasteiger partial charge >= 0.3 is 6.03 Å². The Morgan fingerprint density at radius 3 is 2.66 bits per heavy atom. The molecule has 1 saturated heterocycles. The van der Waals surface area contributed by atoms with Crippen LogP contribution in [-0.4, -0.2) is 31.2 Å². The van der Waals surface area contributed by atoms with Crippen molar-refractivity contribution < 1.29 is 37.7 Å². The predicted molar refractivity (Wildman–Crippen MR) is 143 cm³/mol. The third kappa shape index (κ3) is 5.14. The number of fused-ring (bicyclic) bond motifs is 1. The number of hydrogen-bond acceptors (Lipinski definition) is 7. The van der Waals surface area contributed by atoms with Crippen LogP contribution in [0.2, 0.25) is 0 Å². The molecule has 1 fully saturated rings. The summed E-state index contributed by atoms with van der Waals surface area (Å²) in [5, 5.41) is 2.20. The standard InChI is InChI=1S/C27H20FIN2O7/c1-2-35-23-11-16(10-20(29)24(23)36-13-15-4-3-5-17(28)8-15)9-19-25(32)30-27(34)31(26(19)33)18-6-7-21-22(12-18)38-14-37-21/h3-12H,2,13-14H2,1H3,(H,30,32,34)/b19-9+. The SMILES string of the molecule is CCOc1cc(/C=C2\C(=O)NC(=O)N(c3ccc4c(c3)OCO4)C2=O)cc(I)c1OCc1cccc(F)c1. The van der Waals surface area contributed by atoms with Crippen molar-refractivity contribution in [2.45, 2.75) is 13.5 Å². The fraction of sp³-hybridized carbons (Fsp3) is 0.148. The van der Waals surface area contributed by atoms with E-state index in [0.717, 1.165) is 4.90 Å². The molecule has 2 heterocycles. The number of hydrogen-bond donors (Lipinski definition) is 1. The highest BCUT2D eigenvalue weighted by molar-refractivity contribution is 14.1. The maximum Gasteiger partial charge on any atom is 0.335 e. The summed E-state index contributed by atoms with van der Waals surface area (Å²) in [6.07, 6.45) is 1.38. The molecule has 9 nitrogen and oxygen atoms in total. The zero-order chi connectivity index (χ0) is 26.8. The van der Waals surface area contributed by atoms with Gasteiger partial charge in [0.05, 0.1) is 15.9 Å². The Morgan fingerprint density at radius 2 is 1.87 bits per heavy atom. The first-order valence-corrected chi connectivity index (χ1v) is 12.6. The van der Waals surface area contributed by atoms with E-state index >= 15 is 0 Å². The summed E-state index contributed by atoms with van der Waals surface area (Å²) < 4.78 is 36.5. The highest BCUT2D eigenvalue weighted by Crippen LogP contribution is 2.38. The van der Waals surface area contributed by atoms with E-state index < -0.39 is 17.8 Å². The fourth-order valence-corrected chi connectivity index (χ4v) is 4.72. The van der Waals surface area contributed by atoms with Crippen molar-refractivity contribution in [1.29, 1.82) is 0 Å². The summed E-state index contributed by atoms with van der Waals surface area (Å²) in [5.41, 5.74) is 1.11. The summed E-state index contributed by atoms with van der Waals surface area (Å²) in [7, 11) is 0. The van der Waals surface area contributed by atoms with Crippen LogP contribution in [0, 0.1) is 9.39 Å². The second-order valence-corrected chi connectivity index (χ2v) is 9.34. The Balaban J connectivity index is 1.45. The Labute approximate surface area is 230 Å². The molecule has 3 aromatic carbocycles. The summed E-state index contributed by atoms with van der Waals surface area (Å²) in [6.45, 7) is 2.28. The van der Waals surface area contributed by atoms with Gasteiger partial charge in [0.15, 0.2) is 23.0 Å². The molecule has 0 unspecified atom stereocenters. The number of nitrogens with zero attached hydrogens (tertiary/aromatic N) is 1. The zero-order valence-corrected chi connectivity index (χ0v) is 22.1. The van der Waals surface area contributed by atoms with Gasteiger partial charge in [0.25, 0.3) is 11.8 Å². The normalized spacial score (nSPS) is 15.6. The highest BCUT2D eigenvalue weighted by atomic mass is 127. The van der Waals surface area contributed by atoms with E-state index in [1.165, 1.54) is 30.3 Å². The van der Waals surface area contributed by atoms with Crippen molar-refractivity contribution in [2.75, 3.05) is 18.3 Å². The van der Waals surface area contributed by atoms with Gasteiger partial charge in [-0.05, 0) is 83.1 Å². The average molecular weight is 630 g/mol. The van der Waals surface area contributed by atoms with E-state index in [4.69, 9.17) is 18.9 Å². The lowest BCUT2D eigenvalue weighted by atomic mass is 10.1. The first-order chi connectivity index (χ1) is 18.3. The minimum Gasteiger partial charge on any atom is -0.490 e. The summed E-state index contributed by atoms with van der Waals surface area (Å²) >= 11 is 2.05. The summed E-state index contributed by atoms with van der Waals surface area (Å²) in [4.78, 5) is 39.4. The molecular weight excluding hydrogens is 610 g/mol. The monoisotopic (exact) mass is 630 g/mol. The van der Waals surface area contributed by atoms with E-state index in [1.54, 1.807) is 37.3 Å². The fourth-order valence-electron chi connectivity index (χ4n) is 3.94. The van der Waals surface area contributed by atoms with Crippen molar-refractivity contribution in [3.63, 3.8) is 0 Å². The first-order valence-electron chi connectivity index (χ1n) is 11.5. The number of anilines is 1. The van der Waals surface area contributed by atoms with Gasteiger partial charge in [-0.2, -0.15) is 0 Å². The summed E-state index contributed by atoms with van der Waals surface area (Å²) in [6, 6.07) is 13.1. The molecule has 2 aliphatic rings. The van der Waals surface area contributed by atoms with E-state index in [0.29, 0.717) is 44.3 Å². The second kappa shape index (κ2) is 10.7. The second-order valence-electron chi connectivity index (χ2n) is 8.18. The first kappa shape index (κ1) is 25.5. The number of halogens is 2. The molecule has 194 valence electrons. The molecule has 2 aliphatic heterocycles. The molecule has 5 rings (SSSR count). The smallest absolute Gasteiger partial charge is 0.335 e. The Hall–Kier alpha value is -4.13. The van der Waals surface area contributed by atoms with Crippen molar-refractivity contribution in [3.05, 3.63) is 80.7 Å². The third-order valence-electron chi connectivity index (χ3n) is 5.63. The number of benzene rings is 3. The lowest BCUT2D eigenvalue weighted by molar-refractivity contribution is -0.122. The number of ether oxygens (including phenoxy) is 4. The number of urea groups is 1. The number of rotatable bonds is 7. The number of amides is 4. The molecular formula is C27H20FIN2O7. The largest absolute Gasteiger partial charge is 0.490 e. The van der Waals surface area contributed by atoms with Gasteiger partial charge in [-0.1, -0.05) is 12.1 Å². The van der Waals surface area contributed by atoms with Crippen LogP contribution in [0.4, 0.5) is 14.9 Å². The average Bonchev–Trinajstić information content (AvgIpc) is 3.34. The quantitative estimate of drug-likeness (QED) is 0.227. The molecule has 1 N–H and O–H groups in total. The Kier molecular flexibility index (Phi) is 7.18. The van der Waals surface area contributed by atoms with Crippen LogP contribution in [0.15, 0.2) is 60.2 Å². The van der Waals surface area contributed by atoms with Crippen LogP contribution in [-0.2, 0) is 16.2 Å². The molecule has 0 saturated carbocycles. The van der Waals surface area contributed by atoms with Gasteiger partial charge in [0.1, 0.15) is 18.0 Å². The van der Waals surface area contributed by atoms with Gasteiger partial charge in [-0.15, -0.1) is 0 Å². The topological polar surface area (TPSA) is 103 Å². The third-order valence-corrected chi connectivity index (χ3v) is 6.43. The molecule has 0 aliphatic carbocycles. The highest BCUT2D eigenvalue weighted by Gasteiger charge is 2.37. The Bertz CT molecular complexity index is 1490. The molecule has 0 aromatic heterocycles. The van der Waals surface area contributed by atoms with Crippen molar-refractivity contribution in [2.24, 2.45) is 0 Å². The van der Waals surface area contributed by atoms with Gasteiger partial charge in [0, 0.05) is 6.07 Å². The minimum absolute atomic E-state index is 0.0330. The number of carbonyl (C=O) groups excluding carboxylic acids is 3. The lowest BCUT2D eigenvalue weighted by Crippen LogP contribution is -2.54. The maximum absolute atomic E-state index is 13.5. The minimum atomic E-state index is -0.873. The molecule has 0 spiro atoms. The molecule has 0 radical (unpaired) electrons. The van der Waals surface area contributed by atoms with Crippen LogP contribution in [0.25, 0.3) is 6.08 Å². The molecule has 3 aromatic rings. The van der Waals surface area contributed by atoms with E-state index in [9.17, 15) is 18.8 Å². The van der Waals surface area contributed by atoms with Crippen molar-refractivity contribution in [1.82, 2.24) is 5.32 Å². The van der Waals surface area contributed by atoms with Crippen LogP contribution in [0.3, 0.4) is 0 Å². The number of imide groups is 2. The van der Waals surface area contributed by atoms with Gasteiger partial charge in [-0.3, -0.25) is 14.9 Å². The zero-order valence-electron chi connectivity index (χ0n) is 20.0. The van der Waals surface area contributed by atoms with Crippen LogP contribution >= 0.6 is 22.6 Å². The van der Waals surface area contributed by atoms with Crippen LogP contribution in [0.1, 0.15) is 18.1 Å². The van der Waals surface area contributed by atoms with Crippen molar-refractivity contribution in [3.8, 4) is 23.0 Å². The lowest BCUT2D eigenvalue weighted by Gasteiger charge is -2.26. The van der Waals surface area contributed by atoms with Crippen LogP contribution in [0.5, 0.6) is 23.0 Å². The van der Waals surface area contributed by atoms with E-state index in [-0.39, 0.29) is 30.5 Å². The number of nitrogens with one attached hydrogen (secondary N) is 1. The maximum atomic E-state index is 13.5. The van der Waals surface area contributed by atoms with Gasteiger partial charge in [-0.25, -0.2) is 14.1 Å². The number of barbiturate groups is 1. The molecule has 4 amide bonds. The Morgan fingerprint density at radius 1 is 1.05 bits per heavy atom. The predicted octanol–water partition coefficient (Wildman–Crippen LogP) is 4.80. The molecule has 0 bridgehead atoms. The summed E-state index contributed by atoms with van der Waals surface area (Å²) in [5.74, 6) is -0.283. The molecule has 0 atom stereocenters. The van der Waals surface area contributed by atoms with Crippen LogP contribution < -0.4 is 29.2 Å². The molecule has 11 heteroatoms. The van der Waals surface area contributed by atoms with E-state index in [2.05, 4.69) is 27.9 Å².